The van der Waals surface area contributed by atoms with Gasteiger partial charge in [-0.15, -0.1) is 0 Å². The lowest BCUT2D eigenvalue weighted by Gasteiger charge is -2.08. The Morgan fingerprint density at radius 3 is 1.31 bits per heavy atom. The van der Waals surface area contributed by atoms with Gasteiger partial charge in [-0.1, -0.05) is 116 Å². The Kier molecular flexibility index (Phi) is 5.68. The summed E-state index contributed by atoms with van der Waals surface area (Å²) in [4.78, 5) is 0. The Balaban J connectivity index is 0.000000142. The van der Waals surface area contributed by atoms with Crippen LogP contribution in [0, 0.1) is 0 Å². The van der Waals surface area contributed by atoms with Crippen molar-refractivity contribution in [1.82, 2.24) is 0 Å². The number of fused-ring (bicyclic) bond motifs is 2. The summed E-state index contributed by atoms with van der Waals surface area (Å²) in [5.41, 5.74) is 8.23. The van der Waals surface area contributed by atoms with Crippen LogP contribution in [0.15, 0.2) is 116 Å². The van der Waals surface area contributed by atoms with Crippen molar-refractivity contribution in [2.24, 2.45) is 0 Å². The molecule has 0 unspecified atom stereocenters. The third-order valence-corrected chi connectivity index (χ3v) is 4.88. The second kappa shape index (κ2) is 8.90. The largest absolute Gasteiger partial charge is 0.355 e. The van der Waals surface area contributed by atoms with Crippen molar-refractivity contribution < 1.29 is 0 Å². The Morgan fingerprint density at radius 1 is 0.483 bits per heavy atom. The molecule has 1 nitrogen and oxygen atoms in total. The first-order chi connectivity index (χ1) is 14.3. The molecule has 1 heterocycles. The maximum absolute atomic E-state index is 4.10. The third kappa shape index (κ3) is 4.53. The Bertz CT molecular complexity index is 1040. The number of rotatable bonds is 2. The zero-order valence-corrected chi connectivity index (χ0v) is 16.3. The van der Waals surface area contributed by atoms with Gasteiger partial charge in [0, 0.05) is 11.4 Å². The van der Waals surface area contributed by atoms with E-state index in [2.05, 4.69) is 84.7 Å². The van der Waals surface area contributed by atoms with Gasteiger partial charge in [0.05, 0.1) is 0 Å². The fourth-order valence-corrected chi connectivity index (χ4v) is 3.28. The summed E-state index contributed by atoms with van der Waals surface area (Å²) in [6.07, 6.45) is 4.29. The van der Waals surface area contributed by atoms with Crippen LogP contribution in [0.3, 0.4) is 0 Å². The van der Waals surface area contributed by atoms with Crippen LogP contribution < -0.4 is 5.32 Å². The van der Waals surface area contributed by atoms with Gasteiger partial charge in [-0.05, 0) is 40.0 Å². The van der Waals surface area contributed by atoms with Crippen molar-refractivity contribution in [2.45, 2.75) is 0 Å². The molecule has 0 spiro atoms. The molecule has 0 radical (unpaired) electrons. The molecule has 4 aromatic carbocycles. The fourth-order valence-electron chi connectivity index (χ4n) is 3.28. The van der Waals surface area contributed by atoms with Crippen LogP contribution in [0.1, 0.15) is 22.3 Å². The van der Waals surface area contributed by atoms with Crippen molar-refractivity contribution in [2.75, 3.05) is 5.32 Å². The Labute approximate surface area is 172 Å². The van der Waals surface area contributed by atoms with Crippen LogP contribution in [0.4, 0.5) is 11.4 Å². The highest BCUT2D eigenvalue weighted by molar-refractivity contribution is 5.87. The molecule has 1 heteroatoms. The predicted molar refractivity (Wildman–Crippen MR) is 126 cm³/mol. The van der Waals surface area contributed by atoms with Crippen LogP contribution in [0.2, 0.25) is 0 Å². The molecular weight excluding hydrogens is 350 g/mol. The lowest BCUT2D eigenvalue weighted by Crippen LogP contribution is -1.92. The molecule has 0 saturated carbocycles. The van der Waals surface area contributed by atoms with Gasteiger partial charge in [0.25, 0.3) is 0 Å². The van der Waals surface area contributed by atoms with Gasteiger partial charge >= 0.3 is 0 Å². The minimum Gasteiger partial charge on any atom is -0.355 e. The molecule has 1 N–H and O–H groups in total. The average molecular weight is 373 g/mol. The maximum atomic E-state index is 4.10. The molecule has 140 valence electrons. The quantitative estimate of drug-likeness (QED) is 0.335. The summed E-state index contributed by atoms with van der Waals surface area (Å²) in [7, 11) is 0. The minimum absolute atomic E-state index is 1.08. The summed E-state index contributed by atoms with van der Waals surface area (Å²) in [6.45, 7) is 4.10. The van der Waals surface area contributed by atoms with Gasteiger partial charge in [-0.3, -0.25) is 0 Å². The summed E-state index contributed by atoms with van der Waals surface area (Å²) in [5, 5.41) is 3.44. The lowest BCUT2D eigenvalue weighted by molar-refractivity contribution is 1.53. The van der Waals surface area contributed by atoms with E-state index in [1.807, 2.05) is 48.5 Å². The summed E-state index contributed by atoms with van der Waals surface area (Å²) < 4.78 is 0. The van der Waals surface area contributed by atoms with E-state index in [1.165, 1.54) is 33.6 Å². The normalized spacial score (nSPS) is 11.0. The molecule has 29 heavy (non-hydrogen) atoms. The second-order valence-electron chi connectivity index (χ2n) is 6.84. The zero-order valence-electron chi connectivity index (χ0n) is 16.3. The fraction of sp³-hybridized carbons (Fsp3) is 0. The Hall–Kier alpha value is -3.84. The highest BCUT2D eigenvalue weighted by Gasteiger charge is 2.06. The molecule has 0 bridgehead atoms. The summed E-state index contributed by atoms with van der Waals surface area (Å²) in [6, 6.07) is 37.1. The summed E-state index contributed by atoms with van der Waals surface area (Å²) in [5.74, 6) is 0. The van der Waals surface area contributed by atoms with Crippen molar-refractivity contribution in [3.05, 3.63) is 138 Å². The third-order valence-electron chi connectivity index (χ3n) is 4.88. The summed E-state index contributed by atoms with van der Waals surface area (Å²) >= 11 is 0. The number of anilines is 2. The zero-order chi connectivity index (χ0) is 19.9. The van der Waals surface area contributed by atoms with Crippen LogP contribution in [0.5, 0.6) is 0 Å². The highest BCUT2D eigenvalue weighted by atomic mass is 14.9. The van der Waals surface area contributed by atoms with E-state index in [1.54, 1.807) is 0 Å². The van der Waals surface area contributed by atoms with E-state index in [0.717, 1.165) is 5.57 Å². The maximum Gasteiger partial charge on any atom is 0.0457 e. The number of benzene rings is 4. The van der Waals surface area contributed by atoms with Crippen molar-refractivity contribution in [3.8, 4) is 0 Å². The molecule has 1 aliphatic heterocycles. The van der Waals surface area contributed by atoms with E-state index in [0.29, 0.717) is 0 Å². The Morgan fingerprint density at radius 2 is 0.862 bits per heavy atom. The number of hydrogen-bond acceptors (Lipinski definition) is 1. The van der Waals surface area contributed by atoms with Gasteiger partial charge in [-0.2, -0.15) is 0 Å². The van der Waals surface area contributed by atoms with Gasteiger partial charge in [-0.25, -0.2) is 0 Å². The topological polar surface area (TPSA) is 12.0 Å². The van der Waals surface area contributed by atoms with E-state index in [9.17, 15) is 0 Å². The number of para-hydroxylation sites is 2. The van der Waals surface area contributed by atoms with E-state index in [4.69, 9.17) is 0 Å². The van der Waals surface area contributed by atoms with E-state index in [-0.39, 0.29) is 0 Å². The molecule has 0 amide bonds. The van der Waals surface area contributed by atoms with Crippen molar-refractivity contribution in [3.63, 3.8) is 0 Å². The second-order valence-corrected chi connectivity index (χ2v) is 6.84. The van der Waals surface area contributed by atoms with E-state index >= 15 is 0 Å². The van der Waals surface area contributed by atoms with Crippen LogP contribution in [-0.4, -0.2) is 0 Å². The molecule has 0 saturated heterocycles. The number of nitrogens with one attached hydrogen (secondary N) is 1. The predicted octanol–water partition coefficient (Wildman–Crippen LogP) is 7.66. The number of hydrogen-bond donors (Lipinski definition) is 1. The van der Waals surface area contributed by atoms with Gasteiger partial charge < -0.3 is 5.32 Å². The van der Waals surface area contributed by atoms with Gasteiger partial charge in [0.1, 0.15) is 0 Å². The minimum atomic E-state index is 1.08. The highest BCUT2D eigenvalue weighted by Crippen LogP contribution is 2.29. The lowest BCUT2D eigenvalue weighted by atomic mass is 10.0. The van der Waals surface area contributed by atoms with Gasteiger partial charge in [0.2, 0.25) is 0 Å². The molecule has 0 aromatic heterocycles. The van der Waals surface area contributed by atoms with Crippen molar-refractivity contribution >= 4 is 29.1 Å². The monoisotopic (exact) mass is 373 g/mol. The first kappa shape index (κ1) is 18.5. The molecule has 5 rings (SSSR count). The molecule has 0 fully saturated rings. The standard InChI is InChI=1S/C14H11N.C14H12/c1-3-7-13-11(5-1)9-10-12-6-2-4-8-14(12)15-13;1-12(13-8-4-2-5-9-13)14-10-6-3-7-11-14/h1-10,15H;2-11H,1H2. The molecular formula is C28H23N. The molecule has 0 aliphatic carbocycles. The molecule has 0 atom stereocenters. The van der Waals surface area contributed by atoms with Crippen LogP contribution >= 0.6 is 0 Å². The average Bonchev–Trinajstić information content (AvgIpc) is 2.99. The smallest absolute Gasteiger partial charge is 0.0457 e. The molecule has 1 aliphatic rings. The first-order valence-electron chi connectivity index (χ1n) is 9.74. The van der Waals surface area contributed by atoms with Gasteiger partial charge in [0.15, 0.2) is 0 Å². The van der Waals surface area contributed by atoms with Crippen LogP contribution in [0.25, 0.3) is 17.7 Å². The van der Waals surface area contributed by atoms with Crippen LogP contribution in [-0.2, 0) is 0 Å². The van der Waals surface area contributed by atoms with Crippen molar-refractivity contribution in [1.29, 1.82) is 0 Å². The first-order valence-corrected chi connectivity index (χ1v) is 9.74. The molecule has 4 aromatic rings. The SMILES string of the molecule is C1=Cc2ccccc2Nc2ccccc21.C=C(c1ccccc1)c1ccccc1. The van der Waals surface area contributed by atoms with E-state index < -0.39 is 0 Å².